The first-order valence-electron chi connectivity index (χ1n) is 8.00. The molecule has 26 heavy (non-hydrogen) atoms. The summed E-state index contributed by atoms with van der Waals surface area (Å²) in [6, 6.07) is 12.8. The number of rotatable bonds is 4. The van der Waals surface area contributed by atoms with E-state index >= 15 is 0 Å². The maximum Gasteiger partial charge on any atom is 0.337 e. The van der Waals surface area contributed by atoms with Gasteiger partial charge in [-0.2, -0.15) is 0 Å². The van der Waals surface area contributed by atoms with Crippen molar-refractivity contribution in [3.8, 4) is 0 Å². The fourth-order valence-electron chi connectivity index (χ4n) is 2.62. The highest BCUT2D eigenvalue weighted by atomic mass is 19.1. The van der Waals surface area contributed by atoms with Gasteiger partial charge in [0, 0.05) is 18.0 Å². The third-order valence-corrected chi connectivity index (χ3v) is 4.04. The third kappa shape index (κ3) is 3.69. The summed E-state index contributed by atoms with van der Waals surface area (Å²) in [5.74, 6) is -1.04. The lowest BCUT2D eigenvalue weighted by atomic mass is 10.1. The van der Waals surface area contributed by atoms with Crippen LogP contribution in [0.5, 0.6) is 0 Å². The van der Waals surface area contributed by atoms with Crippen LogP contribution in [-0.4, -0.2) is 24.0 Å². The number of hydrogen-bond acceptors (Lipinski definition) is 4. The summed E-state index contributed by atoms with van der Waals surface area (Å²) in [6.45, 7) is 2.02. The van der Waals surface area contributed by atoms with E-state index in [1.807, 2.05) is 0 Å². The molecule has 3 aromatic rings. The molecule has 0 atom stereocenters. The van der Waals surface area contributed by atoms with Gasteiger partial charge in [-0.3, -0.25) is 9.78 Å². The molecule has 0 saturated heterocycles. The highest BCUT2D eigenvalue weighted by molar-refractivity contribution is 5.98. The normalized spacial score (nSPS) is 10.6. The van der Waals surface area contributed by atoms with Gasteiger partial charge in [0.1, 0.15) is 5.82 Å². The topological polar surface area (TPSA) is 68.3 Å². The maximum atomic E-state index is 13.3. The molecule has 6 heteroatoms. The Labute approximate surface area is 149 Å². The van der Waals surface area contributed by atoms with E-state index in [1.54, 1.807) is 43.3 Å². The Balaban J connectivity index is 1.74. The van der Waals surface area contributed by atoms with Gasteiger partial charge in [-0.25, -0.2) is 9.18 Å². The monoisotopic (exact) mass is 352 g/mol. The van der Waals surface area contributed by atoms with Crippen molar-refractivity contribution in [3.05, 3.63) is 76.7 Å². The number of nitrogens with zero attached hydrogens (tertiary/aromatic N) is 1. The van der Waals surface area contributed by atoms with Crippen molar-refractivity contribution in [3.63, 3.8) is 0 Å². The van der Waals surface area contributed by atoms with E-state index in [9.17, 15) is 14.0 Å². The number of aryl methyl sites for hydroxylation is 1. The third-order valence-electron chi connectivity index (χ3n) is 4.04. The zero-order valence-corrected chi connectivity index (χ0v) is 14.4. The summed E-state index contributed by atoms with van der Waals surface area (Å²) in [5.41, 5.74) is 2.78. The highest BCUT2D eigenvalue weighted by Crippen LogP contribution is 2.18. The summed E-state index contributed by atoms with van der Waals surface area (Å²) in [6.07, 6.45) is 0. The second-order valence-electron chi connectivity index (χ2n) is 5.83. The van der Waals surface area contributed by atoms with Crippen molar-refractivity contribution >= 4 is 22.8 Å². The number of nitrogens with one attached hydrogen (secondary N) is 1. The van der Waals surface area contributed by atoms with Gasteiger partial charge in [0.15, 0.2) is 0 Å². The number of amides is 1. The highest BCUT2D eigenvalue weighted by Gasteiger charge is 2.12. The van der Waals surface area contributed by atoms with E-state index in [1.165, 1.54) is 19.2 Å². The number of halogens is 1. The lowest BCUT2D eigenvalue weighted by molar-refractivity contribution is 0.0600. The standard InChI is InChI=1S/C20H17FN2O3/c1-12-17(9-15-7-8-16(21)10-18(15)23-12)19(24)22-11-13-3-5-14(6-4-13)20(25)26-2/h3-10H,11H2,1-2H3,(H,22,24). The Kier molecular flexibility index (Phi) is 4.93. The Morgan fingerprint density at radius 1 is 1.12 bits per heavy atom. The van der Waals surface area contributed by atoms with E-state index in [-0.39, 0.29) is 11.7 Å². The minimum Gasteiger partial charge on any atom is -0.465 e. The first kappa shape index (κ1) is 17.5. The second-order valence-corrected chi connectivity index (χ2v) is 5.83. The van der Waals surface area contributed by atoms with Crippen molar-refractivity contribution in [1.29, 1.82) is 0 Å². The summed E-state index contributed by atoms with van der Waals surface area (Å²) in [7, 11) is 1.32. The van der Waals surface area contributed by atoms with Crippen LogP contribution in [0.2, 0.25) is 0 Å². The quantitative estimate of drug-likeness (QED) is 0.731. The van der Waals surface area contributed by atoms with Crippen molar-refractivity contribution in [1.82, 2.24) is 10.3 Å². The van der Waals surface area contributed by atoms with Crippen LogP contribution in [0.4, 0.5) is 4.39 Å². The molecule has 3 rings (SSSR count). The van der Waals surface area contributed by atoms with Gasteiger partial charge in [-0.15, -0.1) is 0 Å². The summed E-state index contributed by atoms with van der Waals surface area (Å²) in [5, 5.41) is 3.52. The number of benzene rings is 2. The average molecular weight is 352 g/mol. The van der Waals surface area contributed by atoms with Crippen LogP contribution in [0.1, 0.15) is 32.0 Å². The number of pyridine rings is 1. The molecule has 0 saturated carbocycles. The summed E-state index contributed by atoms with van der Waals surface area (Å²) in [4.78, 5) is 28.2. The minimum atomic E-state index is -0.408. The molecule has 0 aliphatic carbocycles. The Morgan fingerprint density at radius 2 is 1.85 bits per heavy atom. The number of esters is 1. The zero-order chi connectivity index (χ0) is 18.7. The van der Waals surface area contributed by atoms with Crippen molar-refractivity contribution in [2.24, 2.45) is 0 Å². The molecule has 1 aromatic heterocycles. The molecule has 0 radical (unpaired) electrons. The van der Waals surface area contributed by atoms with Gasteiger partial charge in [0.2, 0.25) is 0 Å². The van der Waals surface area contributed by atoms with Gasteiger partial charge in [0.25, 0.3) is 5.91 Å². The van der Waals surface area contributed by atoms with Crippen LogP contribution in [0.15, 0.2) is 48.5 Å². The van der Waals surface area contributed by atoms with Gasteiger partial charge >= 0.3 is 5.97 Å². The van der Waals surface area contributed by atoms with E-state index in [0.29, 0.717) is 34.3 Å². The predicted molar refractivity (Wildman–Crippen MR) is 95.4 cm³/mol. The average Bonchev–Trinajstić information content (AvgIpc) is 2.65. The van der Waals surface area contributed by atoms with Crippen molar-refractivity contribution in [2.75, 3.05) is 7.11 Å². The largest absolute Gasteiger partial charge is 0.465 e. The number of methoxy groups -OCH3 is 1. The Morgan fingerprint density at radius 3 is 2.54 bits per heavy atom. The van der Waals surface area contributed by atoms with E-state index in [0.717, 1.165) is 5.56 Å². The predicted octanol–water partition coefficient (Wildman–Crippen LogP) is 3.40. The molecule has 0 aliphatic rings. The fourth-order valence-corrected chi connectivity index (χ4v) is 2.62. The number of carbonyl (C=O) groups excluding carboxylic acids is 2. The fraction of sp³-hybridized carbons (Fsp3) is 0.150. The molecule has 0 spiro atoms. The molecular formula is C20H17FN2O3. The molecule has 1 amide bonds. The zero-order valence-electron chi connectivity index (χ0n) is 14.4. The molecule has 0 fully saturated rings. The molecule has 0 unspecified atom stereocenters. The minimum absolute atomic E-state index is 0.265. The summed E-state index contributed by atoms with van der Waals surface area (Å²) < 4.78 is 17.9. The molecule has 5 nitrogen and oxygen atoms in total. The lowest BCUT2D eigenvalue weighted by Gasteiger charge is -2.09. The van der Waals surface area contributed by atoms with E-state index in [4.69, 9.17) is 0 Å². The SMILES string of the molecule is COC(=O)c1ccc(CNC(=O)c2cc3ccc(F)cc3nc2C)cc1. The van der Waals surface area contributed by atoms with Gasteiger partial charge in [-0.05, 0) is 42.8 Å². The number of carbonyl (C=O) groups is 2. The van der Waals surface area contributed by atoms with Crippen LogP contribution in [0.3, 0.4) is 0 Å². The van der Waals surface area contributed by atoms with Crippen LogP contribution in [0.25, 0.3) is 10.9 Å². The van der Waals surface area contributed by atoms with Gasteiger partial charge in [0.05, 0.1) is 29.4 Å². The first-order valence-corrected chi connectivity index (χ1v) is 8.00. The molecule has 0 bridgehead atoms. The molecule has 132 valence electrons. The van der Waals surface area contributed by atoms with Crippen LogP contribution in [0, 0.1) is 12.7 Å². The van der Waals surface area contributed by atoms with Crippen LogP contribution < -0.4 is 5.32 Å². The van der Waals surface area contributed by atoms with Crippen molar-refractivity contribution in [2.45, 2.75) is 13.5 Å². The Bertz CT molecular complexity index is 984. The smallest absolute Gasteiger partial charge is 0.337 e. The Hall–Kier alpha value is -3.28. The van der Waals surface area contributed by atoms with E-state index < -0.39 is 5.97 Å². The van der Waals surface area contributed by atoms with Gasteiger partial charge < -0.3 is 10.1 Å². The van der Waals surface area contributed by atoms with Crippen LogP contribution in [-0.2, 0) is 11.3 Å². The summed E-state index contributed by atoms with van der Waals surface area (Å²) >= 11 is 0. The van der Waals surface area contributed by atoms with E-state index in [2.05, 4.69) is 15.0 Å². The molecule has 2 aromatic carbocycles. The molecule has 1 N–H and O–H groups in total. The molecule has 1 heterocycles. The van der Waals surface area contributed by atoms with Gasteiger partial charge in [-0.1, -0.05) is 12.1 Å². The number of hydrogen-bond donors (Lipinski definition) is 1. The second kappa shape index (κ2) is 7.31. The number of aromatic nitrogens is 1. The molecular weight excluding hydrogens is 335 g/mol. The lowest BCUT2D eigenvalue weighted by Crippen LogP contribution is -2.24. The van der Waals surface area contributed by atoms with Crippen LogP contribution >= 0.6 is 0 Å². The molecule has 0 aliphatic heterocycles. The maximum absolute atomic E-state index is 13.3. The number of fused-ring (bicyclic) bond motifs is 1. The number of ether oxygens (including phenoxy) is 1. The van der Waals surface area contributed by atoms with Crippen molar-refractivity contribution < 1.29 is 18.7 Å². The first-order chi connectivity index (χ1) is 12.5.